The monoisotopic (exact) mass is 381 g/mol. The third-order valence-electron chi connectivity index (χ3n) is 3.78. The lowest BCUT2D eigenvalue weighted by atomic mass is 10.1. The van der Waals surface area contributed by atoms with Crippen LogP contribution in [0.2, 0.25) is 10.0 Å². The summed E-state index contributed by atoms with van der Waals surface area (Å²) in [5.74, 6) is 0.923. The van der Waals surface area contributed by atoms with Crippen molar-refractivity contribution in [2.75, 3.05) is 7.11 Å². The maximum atomic E-state index is 12.6. The first kappa shape index (κ1) is 19.4. The fourth-order valence-corrected chi connectivity index (χ4v) is 2.67. The van der Waals surface area contributed by atoms with Crippen LogP contribution in [0.1, 0.15) is 31.9 Å². The Bertz CT molecular complexity index is 736. The van der Waals surface area contributed by atoms with Crippen LogP contribution in [0.4, 0.5) is 0 Å². The standard InChI is InChI=1S/C19H21Cl2NO3/c1-4-17(25-18-11-14(20)8-9-16(18)21)19(23)22-12(2)13-6-5-7-15(10-13)24-3/h5-12,17H,4H2,1-3H3,(H,22,23)/t12-,17-/m0/s1. The molecule has 1 N–H and O–H groups in total. The average molecular weight is 382 g/mol. The van der Waals surface area contributed by atoms with E-state index in [1.807, 2.05) is 38.1 Å². The topological polar surface area (TPSA) is 47.6 Å². The van der Waals surface area contributed by atoms with E-state index in [4.69, 9.17) is 32.7 Å². The van der Waals surface area contributed by atoms with Crippen LogP contribution in [0.5, 0.6) is 11.5 Å². The molecule has 4 nitrogen and oxygen atoms in total. The molecule has 25 heavy (non-hydrogen) atoms. The molecule has 0 saturated heterocycles. The number of amides is 1. The summed E-state index contributed by atoms with van der Waals surface area (Å²) in [6.45, 7) is 3.78. The van der Waals surface area contributed by atoms with Gasteiger partial charge in [0.15, 0.2) is 6.10 Å². The maximum absolute atomic E-state index is 12.6. The third kappa shape index (κ3) is 5.28. The molecule has 2 rings (SSSR count). The van der Waals surface area contributed by atoms with Gasteiger partial charge in [0.2, 0.25) is 0 Å². The summed E-state index contributed by atoms with van der Waals surface area (Å²) in [5.41, 5.74) is 0.948. The highest BCUT2D eigenvalue weighted by atomic mass is 35.5. The van der Waals surface area contributed by atoms with E-state index in [2.05, 4.69) is 5.32 Å². The van der Waals surface area contributed by atoms with Gasteiger partial charge in [-0.2, -0.15) is 0 Å². The zero-order valence-corrected chi connectivity index (χ0v) is 15.9. The fourth-order valence-electron chi connectivity index (χ4n) is 2.34. The lowest BCUT2D eigenvalue weighted by molar-refractivity contribution is -0.128. The number of benzene rings is 2. The van der Waals surface area contributed by atoms with Crippen LogP contribution >= 0.6 is 23.2 Å². The van der Waals surface area contributed by atoms with Gasteiger partial charge in [0, 0.05) is 11.1 Å². The molecule has 6 heteroatoms. The Balaban J connectivity index is 2.07. The molecule has 2 aromatic rings. The summed E-state index contributed by atoms with van der Waals surface area (Å²) >= 11 is 12.1. The van der Waals surface area contributed by atoms with Gasteiger partial charge in [-0.3, -0.25) is 4.79 Å². The first-order valence-corrected chi connectivity index (χ1v) is 8.76. The van der Waals surface area contributed by atoms with E-state index in [1.54, 1.807) is 25.3 Å². The number of hydrogen-bond acceptors (Lipinski definition) is 3. The van der Waals surface area contributed by atoms with Crippen LogP contribution in [0.25, 0.3) is 0 Å². The molecule has 2 aromatic carbocycles. The van der Waals surface area contributed by atoms with Crippen molar-refractivity contribution in [1.29, 1.82) is 0 Å². The number of rotatable bonds is 7. The summed E-state index contributed by atoms with van der Waals surface area (Å²) in [6.07, 6.45) is -0.163. The molecule has 0 radical (unpaired) electrons. The molecular weight excluding hydrogens is 361 g/mol. The van der Waals surface area contributed by atoms with Crippen molar-refractivity contribution in [3.05, 3.63) is 58.1 Å². The molecule has 1 amide bonds. The van der Waals surface area contributed by atoms with Gasteiger partial charge in [-0.15, -0.1) is 0 Å². The van der Waals surface area contributed by atoms with E-state index >= 15 is 0 Å². The van der Waals surface area contributed by atoms with Gasteiger partial charge >= 0.3 is 0 Å². The number of ether oxygens (including phenoxy) is 2. The van der Waals surface area contributed by atoms with Crippen LogP contribution in [-0.4, -0.2) is 19.1 Å². The predicted molar refractivity (Wildman–Crippen MR) is 101 cm³/mol. The zero-order valence-electron chi connectivity index (χ0n) is 14.4. The predicted octanol–water partition coefficient (Wildman–Crippen LogP) is 5.04. The van der Waals surface area contributed by atoms with Gasteiger partial charge in [-0.1, -0.05) is 42.3 Å². The minimum absolute atomic E-state index is 0.185. The van der Waals surface area contributed by atoms with Crippen LogP contribution in [0.3, 0.4) is 0 Å². The van der Waals surface area contributed by atoms with E-state index in [1.165, 1.54) is 0 Å². The molecule has 0 spiro atoms. The van der Waals surface area contributed by atoms with Crippen molar-refractivity contribution >= 4 is 29.1 Å². The fraction of sp³-hybridized carbons (Fsp3) is 0.316. The van der Waals surface area contributed by atoms with Crippen LogP contribution in [-0.2, 0) is 4.79 Å². The van der Waals surface area contributed by atoms with Crippen LogP contribution < -0.4 is 14.8 Å². The van der Waals surface area contributed by atoms with Gasteiger partial charge < -0.3 is 14.8 Å². The number of halogens is 2. The second kappa shape index (κ2) is 8.97. The summed E-state index contributed by atoms with van der Waals surface area (Å²) in [6, 6.07) is 12.3. The Morgan fingerprint density at radius 3 is 2.64 bits per heavy atom. The Kier molecular flexibility index (Phi) is 6.97. The van der Waals surface area contributed by atoms with E-state index in [-0.39, 0.29) is 11.9 Å². The average Bonchev–Trinajstić information content (AvgIpc) is 2.62. The quantitative estimate of drug-likeness (QED) is 0.730. The second-order valence-corrected chi connectivity index (χ2v) is 6.44. The number of carbonyl (C=O) groups is 1. The number of methoxy groups -OCH3 is 1. The highest BCUT2D eigenvalue weighted by Crippen LogP contribution is 2.29. The number of hydrogen-bond donors (Lipinski definition) is 1. The summed E-state index contributed by atoms with van der Waals surface area (Å²) < 4.78 is 11.0. The summed E-state index contributed by atoms with van der Waals surface area (Å²) in [4.78, 5) is 12.6. The smallest absolute Gasteiger partial charge is 0.261 e. The molecule has 0 aromatic heterocycles. The first-order chi connectivity index (χ1) is 11.9. The van der Waals surface area contributed by atoms with E-state index in [0.717, 1.165) is 11.3 Å². The van der Waals surface area contributed by atoms with Crippen LogP contribution in [0, 0.1) is 0 Å². The van der Waals surface area contributed by atoms with Gasteiger partial charge in [0.05, 0.1) is 18.2 Å². The van der Waals surface area contributed by atoms with Crippen molar-refractivity contribution in [3.8, 4) is 11.5 Å². The van der Waals surface area contributed by atoms with Crippen molar-refractivity contribution in [2.24, 2.45) is 0 Å². The Morgan fingerprint density at radius 2 is 1.96 bits per heavy atom. The molecule has 0 aliphatic rings. The Hall–Kier alpha value is -1.91. The molecule has 0 aliphatic heterocycles. The molecule has 0 bridgehead atoms. The number of nitrogens with one attached hydrogen (secondary N) is 1. The van der Waals surface area contributed by atoms with E-state index < -0.39 is 6.10 Å². The van der Waals surface area contributed by atoms with Crippen LogP contribution in [0.15, 0.2) is 42.5 Å². The van der Waals surface area contributed by atoms with Crippen molar-refractivity contribution in [1.82, 2.24) is 5.32 Å². The second-order valence-electron chi connectivity index (χ2n) is 5.60. The van der Waals surface area contributed by atoms with Crippen molar-refractivity contribution < 1.29 is 14.3 Å². The molecule has 0 aliphatic carbocycles. The molecule has 0 saturated carbocycles. The minimum atomic E-state index is -0.663. The van der Waals surface area contributed by atoms with Gasteiger partial charge in [-0.05, 0) is 43.2 Å². The lowest BCUT2D eigenvalue weighted by Gasteiger charge is -2.21. The van der Waals surface area contributed by atoms with E-state index in [0.29, 0.717) is 22.2 Å². The molecule has 0 unspecified atom stereocenters. The van der Waals surface area contributed by atoms with Gasteiger partial charge in [0.25, 0.3) is 5.91 Å². The molecular formula is C19H21Cl2NO3. The highest BCUT2D eigenvalue weighted by molar-refractivity contribution is 6.34. The molecule has 0 heterocycles. The Morgan fingerprint density at radius 1 is 1.20 bits per heavy atom. The molecule has 2 atom stereocenters. The van der Waals surface area contributed by atoms with Gasteiger partial charge in [-0.25, -0.2) is 0 Å². The Labute approximate surface area is 158 Å². The lowest BCUT2D eigenvalue weighted by Crippen LogP contribution is -2.39. The zero-order chi connectivity index (χ0) is 18.4. The third-order valence-corrected chi connectivity index (χ3v) is 4.33. The normalized spacial score (nSPS) is 13.0. The van der Waals surface area contributed by atoms with Crippen molar-refractivity contribution in [3.63, 3.8) is 0 Å². The summed E-state index contributed by atoms with van der Waals surface area (Å²) in [7, 11) is 1.61. The van der Waals surface area contributed by atoms with Gasteiger partial charge in [0.1, 0.15) is 11.5 Å². The van der Waals surface area contributed by atoms with Crippen molar-refractivity contribution in [2.45, 2.75) is 32.4 Å². The SMILES string of the molecule is CC[C@H](Oc1cc(Cl)ccc1Cl)C(=O)N[C@@H](C)c1cccc(OC)c1. The van der Waals surface area contributed by atoms with E-state index in [9.17, 15) is 4.79 Å². The molecule has 0 fully saturated rings. The minimum Gasteiger partial charge on any atom is -0.497 e. The summed E-state index contributed by atoms with van der Waals surface area (Å²) in [5, 5.41) is 3.87. The largest absolute Gasteiger partial charge is 0.497 e. The highest BCUT2D eigenvalue weighted by Gasteiger charge is 2.22. The number of carbonyl (C=O) groups excluding carboxylic acids is 1. The maximum Gasteiger partial charge on any atom is 0.261 e. The first-order valence-electron chi connectivity index (χ1n) is 8.00. The molecule has 134 valence electrons.